The Bertz CT molecular complexity index is 1450. The lowest BCUT2D eigenvalue weighted by atomic mass is 9.42. The third-order valence-corrected chi connectivity index (χ3v) is 8.71. The number of nitrogens with zero attached hydrogens (tertiary/aromatic N) is 7. The number of pyridine rings is 2. The summed E-state index contributed by atoms with van der Waals surface area (Å²) in [6.45, 7) is 3.36. The first-order chi connectivity index (χ1) is 17.5. The predicted octanol–water partition coefficient (Wildman–Crippen LogP) is 3.62. The molecule has 1 aliphatic heterocycles. The minimum absolute atomic E-state index is 0.226. The summed E-state index contributed by atoms with van der Waals surface area (Å²) in [4.78, 5) is 11.7. The van der Waals surface area contributed by atoms with Gasteiger partial charge in [0, 0.05) is 49.8 Å². The molecular weight excluding hydrogens is 455 g/mol. The molecular formula is C27H29FN8. The van der Waals surface area contributed by atoms with Gasteiger partial charge in [-0.2, -0.15) is 0 Å². The van der Waals surface area contributed by atoms with Crippen molar-refractivity contribution in [3.05, 3.63) is 60.4 Å². The van der Waals surface area contributed by atoms with E-state index in [-0.39, 0.29) is 5.41 Å². The van der Waals surface area contributed by atoms with Crippen molar-refractivity contribution in [1.82, 2.24) is 34.7 Å². The molecule has 2 bridgehead atoms. The van der Waals surface area contributed by atoms with Crippen LogP contribution in [-0.2, 0) is 13.1 Å². The van der Waals surface area contributed by atoms with E-state index in [2.05, 4.69) is 54.4 Å². The molecule has 1 N–H and O–H groups in total. The zero-order chi connectivity index (χ0) is 23.9. The van der Waals surface area contributed by atoms with E-state index in [1.165, 1.54) is 24.1 Å². The number of hydrogen-bond donors (Lipinski definition) is 1. The molecule has 5 aliphatic rings. The van der Waals surface area contributed by atoms with E-state index in [0.717, 1.165) is 67.4 Å². The lowest BCUT2D eigenvalue weighted by Gasteiger charge is -2.66. The summed E-state index contributed by atoms with van der Waals surface area (Å²) in [5.74, 6) is 0.884. The molecule has 0 amide bonds. The minimum atomic E-state index is -0.826. The van der Waals surface area contributed by atoms with E-state index in [9.17, 15) is 4.39 Å². The van der Waals surface area contributed by atoms with Gasteiger partial charge in [0.1, 0.15) is 17.0 Å². The number of anilines is 1. The van der Waals surface area contributed by atoms with Crippen molar-refractivity contribution in [1.29, 1.82) is 0 Å². The van der Waals surface area contributed by atoms with Crippen molar-refractivity contribution in [2.24, 2.45) is 11.3 Å². The average Bonchev–Trinajstić information content (AvgIpc) is 3.17. The van der Waals surface area contributed by atoms with Gasteiger partial charge in [0.25, 0.3) is 0 Å². The van der Waals surface area contributed by atoms with Gasteiger partial charge >= 0.3 is 0 Å². The minimum Gasteiger partial charge on any atom is -0.367 e. The molecule has 4 aromatic heterocycles. The maximum atomic E-state index is 13.7. The van der Waals surface area contributed by atoms with Crippen LogP contribution in [0.4, 0.5) is 10.1 Å². The van der Waals surface area contributed by atoms with Crippen LogP contribution in [0, 0.1) is 11.3 Å². The highest BCUT2D eigenvalue weighted by molar-refractivity contribution is 5.64. The second kappa shape index (κ2) is 7.35. The maximum absolute atomic E-state index is 13.7. The van der Waals surface area contributed by atoms with Crippen LogP contribution in [0.1, 0.15) is 43.4 Å². The Labute approximate surface area is 208 Å². The number of piperidine rings is 1. The van der Waals surface area contributed by atoms with Crippen LogP contribution in [0.15, 0.2) is 49.2 Å². The molecule has 4 saturated carbocycles. The molecule has 184 valence electrons. The Hall–Kier alpha value is -3.33. The summed E-state index contributed by atoms with van der Waals surface area (Å²) in [5.41, 5.74) is 5.45. The van der Waals surface area contributed by atoms with Crippen LogP contribution < -0.4 is 10.2 Å². The molecule has 4 aliphatic carbocycles. The van der Waals surface area contributed by atoms with E-state index in [1.807, 2.05) is 29.3 Å². The van der Waals surface area contributed by atoms with Crippen LogP contribution in [-0.4, -0.2) is 54.2 Å². The topological polar surface area (TPSA) is 76.2 Å². The third-order valence-electron chi connectivity index (χ3n) is 8.71. The van der Waals surface area contributed by atoms with Gasteiger partial charge in [0.2, 0.25) is 0 Å². The predicted molar refractivity (Wildman–Crippen MR) is 133 cm³/mol. The van der Waals surface area contributed by atoms with E-state index in [1.54, 1.807) is 0 Å². The van der Waals surface area contributed by atoms with Crippen LogP contribution in [0.25, 0.3) is 16.9 Å². The fourth-order valence-corrected chi connectivity index (χ4v) is 6.91. The molecule has 9 rings (SSSR count). The van der Waals surface area contributed by atoms with Crippen molar-refractivity contribution in [3.63, 3.8) is 0 Å². The maximum Gasteiger partial charge on any atom is 0.137 e. The zero-order valence-corrected chi connectivity index (χ0v) is 20.1. The average molecular weight is 485 g/mol. The van der Waals surface area contributed by atoms with Crippen LogP contribution >= 0.6 is 0 Å². The standard InChI is InChI=1S/C27H29FN8/c28-27-14-26(15-27,16-27)17-30-7-18-1-2-25-31-21(11-34(25)10-18)12-35-13-23(32-33-35)20-5-22(9-29-8-20)36-4-3-19-6-24(19)36/h1-2,5,8-11,13,19,24,30H,3-4,6-7,12,14-17H2. The molecule has 2 unspecified atom stereocenters. The van der Waals surface area contributed by atoms with Crippen molar-refractivity contribution in [2.45, 2.75) is 56.9 Å². The molecule has 0 aromatic carbocycles. The normalized spacial score (nSPS) is 29.8. The number of nitrogens with one attached hydrogen (secondary N) is 1. The van der Waals surface area contributed by atoms with Crippen molar-refractivity contribution < 1.29 is 4.39 Å². The van der Waals surface area contributed by atoms with Gasteiger partial charge in [-0.1, -0.05) is 11.3 Å². The lowest BCUT2D eigenvalue weighted by molar-refractivity contribution is -0.209. The molecule has 4 aromatic rings. The van der Waals surface area contributed by atoms with E-state index in [4.69, 9.17) is 4.98 Å². The number of fused-ring (bicyclic) bond motifs is 2. The Morgan fingerprint density at radius 3 is 2.83 bits per heavy atom. The molecule has 8 nitrogen and oxygen atoms in total. The number of imidazole rings is 1. The van der Waals surface area contributed by atoms with Gasteiger partial charge in [0.15, 0.2) is 0 Å². The second-order valence-corrected chi connectivity index (χ2v) is 11.6. The Kier molecular flexibility index (Phi) is 4.25. The largest absolute Gasteiger partial charge is 0.367 e. The molecule has 2 atom stereocenters. The summed E-state index contributed by atoms with van der Waals surface area (Å²) in [6.07, 6.45) is 14.8. The van der Waals surface area contributed by atoms with E-state index >= 15 is 0 Å². The van der Waals surface area contributed by atoms with Crippen LogP contribution in [0.5, 0.6) is 0 Å². The molecule has 36 heavy (non-hydrogen) atoms. The molecule has 9 heteroatoms. The summed E-state index contributed by atoms with van der Waals surface area (Å²) in [7, 11) is 0. The van der Waals surface area contributed by atoms with Crippen molar-refractivity contribution in [3.8, 4) is 11.3 Å². The van der Waals surface area contributed by atoms with Gasteiger partial charge < -0.3 is 14.6 Å². The first kappa shape index (κ1) is 20.8. The smallest absolute Gasteiger partial charge is 0.137 e. The van der Waals surface area contributed by atoms with Gasteiger partial charge in [-0.05, 0) is 61.1 Å². The molecule has 5 heterocycles. The van der Waals surface area contributed by atoms with Crippen LogP contribution in [0.2, 0.25) is 0 Å². The van der Waals surface area contributed by atoms with Crippen molar-refractivity contribution >= 4 is 11.3 Å². The number of alkyl halides is 1. The monoisotopic (exact) mass is 484 g/mol. The highest BCUT2D eigenvalue weighted by Crippen LogP contribution is 2.69. The van der Waals surface area contributed by atoms with Gasteiger partial charge in [-0.25, -0.2) is 14.1 Å². The Morgan fingerprint density at radius 1 is 1.11 bits per heavy atom. The lowest BCUT2D eigenvalue weighted by Crippen LogP contribution is -2.67. The summed E-state index contributed by atoms with van der Waals surface area (Å²) >= 11 is 0. The van der Waals surface area contributed by atoms with E-state index < -0.39 is 5.67 Å². The third kappa shape index (κ3) is 3.43. The molecule has 1 saturated heterocycles. The Morgan fingerprint density at radius 2 is 2.03 bits per heavy atom. The summed E-state index contributed by atoms with van der Waals surface area (Å²) in [6, 6.07) is 7.05. The van der Waals surface area contributed by atoms with Crippen molar-refractivity contribution in [2.75, 3.05) is 18.0 Å². The van der Waals surface area contributed by atoms with Gasteiger partial charge in [0.05, 0.1) is 30.3 Å². The number of rotatable bonds is 8. The number of hydrogen-bond acceptors (Lipinski definition) is 6. The highest BCUT2D eigenvalue weighted by Gasteiger charge is 2.68. The Balaban J connectivity index is 0.936. The number of halogens is 1. The summed E-state index contributed by atoms with van der Waals surface area (Å²) < 4.78 is 17.6. The molecule has 5 fully saturated rings. The van der Waals surface area contributed by atoms with E-state index in [0.29, 0.717) is 12.6 Å². The number of aromatic nitrogens is 6. The first-order valence-electron chi connectivity index (χ1n) is 13.0. The fourth-order valence-electron chi connectivity index (χ4n) is 6.91. The summed E-state index contributed by atoms with van der Waals surface area (Å²) in [5, 5.41) is 12.3. The van der Waals surface area contributed by atoms with Gasteiger partial charge in [-0.3, -0.25) is 4.98 Å². The molecule has 0 spiro atoms. The molecule has 0 radical (unpaired) electrons. The van der Waals surface area contributed by atoms with Gasteiger partial charge in [-0.15, -0.1) is 5.10 Å². The zero-order valence-electron chi connectivity index (χ0n) is 20.1. The fraction of sp³-hybridized carbons (Fsp3) is 0.481. The highest BCUT2D eigenvalue weighted by atomic mass is 19.1. The SMILES string of the molecule is FC12CC(CNCc3ccc4nc(Cn5cc(-c6cncc(N7CCC8CC87)c6)nn5)cn4c3)(C1)C2. The second-order valence-electron chi connectivity index (χ2n) is 11.6. The quantitative estimate of drug-likeness (QED) is 0.412. The van der Waals surface area contributed by atoms with Crippen LogP contribution in [0.3, 0.4) is 0 Å². The first-order valence-corrected chi connectivity index (χ1v) is 13.0.